The highest BCUT2D eigenvalue weighted by molar-refractivity contribution is 5.96. The van der Waals surface area contributed by atoms with Gasteiger partial charge in [-0.3, -0.25) is 30.2 Å². The largest absolute Gasteiger partial charge is 0.488 e. The van der Waals surface area contributed by atoms with E-state index in [2.05, 4.69) is 15.4 Å². The van der Waals surface area contributed by atoms with Crippen LogP contribution < -0.4 is 15.6 Å². The van der Waals surface area contributed by atoms with Crippen LogP contribution in [0.2, 0.25) is 0 Å². The summed E-state index contributed by atoms with van der Waals surface area (Å²) in [6, 6.07) is 20.8. The number of fused-ring (bicyclic) bond motifs is 1. The van der Waals surface area contributed by atoms with Crippen LogP contribution in [0.5, 0.6) is 5.75 Å². The van der Waals surface area contributed by atoms with E-state index in [4.69, 9.17) is 9.94 Å². The van der Waals surface area contributed by atoms with E-state index < -0.39 is 5.91 Å². The number of carbonyl (C=O) groups is 2. The molecule has 4 aromatic rings. The van der Waals surface area contributed by atoms with Gasteiger partial charge in [0.2, 0.25) is 5.91 Å². The van der Waals surface area contributed by atoms with Crippen LogP contribution in [0.25, 0.3) is 10.9 Å². The van der Waals surface area contributed by atoms with Crippen molar-refractivity contribution in [3.05, 3.63) is 102 Å². The minimum absolute atomic E-state index is 0.0592. The fraction of sp³-hybridized carbons (Fsp3) is 0.290. The number of hydrazine groups is 1. The van der Waals surface area contributed by atoms with Crippen LogP contribution in [0.3, 0.4) is 0 Å². The normalized spacial score (nSPS) is 17.4. The number of aryl methyl sites for hydroxylation is 1. The Labute approximate surface area is 233 Å². The van der Waals surface area contributed by atoms with Crippen LogP contribution in [0.1, 0.15) is 46.4 Å². The maximum absolute atomic E-state index is 13.6. The van der Waals surface area contributed by atoms with Crippen LogP contribution >= 0.6 is 0 Å². The fourth-order valence-corrected chi connectivity index (χ4v) is 5.47. The number of nitrogens with zero attached hydrogens (tertiary/aromatic N) is 3. The second kappa shape index (κ2) is 12.7. The van der Waals surface area contributed by atoms with E-state index in [0.29, 0.717) is 30.9 Å². The Hall–Kier alpha value is -4.34. The molecule has 0 saturated carbocycles. The Morgan fingerprint density at radius 3 is 2.75 bits per heavy atom. The lowest BCUT2D eigenvalue weighted by Crippen LogP contribution is -2.55. The Morgan fingerprint density at radius 2 is 1.93 bits per heavy atom. The molecule has 2 amide bonds. The van der Waals surface area contributed by atoms with Gasteiger partial charge in [-0.25, -0.2) is 10.5 Å². The number of carbonyl (C=O) groups excluding carboxylic acids is 2. The first-order valence-corrected chi connectivity index (χ1v) is 13.5. The molecule has 5 rings (SSSR count). The van der Waals surface area contributed by atoms with E-state index in [1.807, 2.05) is 66.5 Å². The predicted octanol–water partition coefficient (Wildman–Crippen LogP) is 4.38. The second-order valence-electron chi connectivity index (χ2n) is 10.1. The first-order valence-electron chi connectivity index (χ1n) is 13.5. The number of rotatable bonds is 9. The molecule has 0 spiro atoms. The summed E-state index contributed by atoms with van der Waals surface area (Å²) in [6.07, 6.45) is 5.89. The van der Waals surface area contributed by atoms with Crippen molar-refractivity contribution in [2.75, 3.05) is 6.54 Å². The molecule has 0 unspecified atom stereocenters. The van der Waals surface area contributed by atoms with Gasteiger partial charge >= 0.3 is 0 Å². The average molecular weight is 540 g/mol. The number of piperidine rings is 1. The highest BCUT2D eigenvalue weighted by atomic mass is 16.5. The molecule has 1 fully saturated rings. The van der Waals surface area contributed by atoms with Gasteiger partial charge < -0.3 is 4.74 Å². The van der Waals surface area contributed by atoms with Crippen molar-refractivity contribution in [3.63, 3.8) is 0 Å². The zero-order valence-electron chi connectivity index (χ0n) is 22.4. The highest BCUT2D eigenvalue weighted by Crippen LogP contribution is 2.29. The zero-order chi connectivity index (χ0) is 27.9. The van der Waals surface area contributed by atoms with Crippen molar-refractivity contribution in [1.29, 1.82) is 0 Å². The van der Waals surface area contributed by atoms with Crippen LogP contribution in [0, 0.1) is 12.8 Å². The number of para-hydroxylation sites is 2. The summed E-state index contributed by atoms with van der Waals surface area (Å²) in [5, 5.41) is 12.1. The molecule has 1 aliphatic rings. The van der Waals surface area contributed by atoms with Crippen LogP contribution in [-0.2, 0) is 17.8 Å². The SMILES string of the molecule is Cc1cc(COc2ccccc2C(=O)NN2CCC[C@@H](CC(=O)NO)[C@@H]2Cc2cccnc2)c2ccccc2n1. The van der Waals surface area contributed by atoms with Crippen LogP contribution in [-0.4, -0.2) is 44.6 Å². The molecular weight excluding hydrogens is 506 g/mol. The maximum Gasteiger partial charge on any atom is 0.269 e. The maximum atomic E-state index is 13.6. The molecule has 2 atom stereocenters. The molecule has 206 valence electrons. The van der Waals surface area contributed by atoms with Crippen molar-refractivity contribution in [3.8, 4) is 5.75 Å². The second-order valence-corrected chi connectivity index (χ2v) is 10.1. The van der Waals surface area contributed by atoms with E-state index in [1.54, 1.807) is 30.0 Å². The Balaban J connectivity index is 1.35. The Morgan fingerprint density at radius 1 is 1.10 bits per heavy atom. The molecule has 0 bridgehead atoms. The van der Waals surface area contributed by atoms with Gasteiger partial charge in [-0.15, -0.1) is 0 Å². The van der Waals surface area contributed by atoms with E-state index in [9.17, 15) is 9.59 Å². The molecule has 3 heterocycles. The molecule has 9 nitrogen and oxygen atoms in total. The van der Waals surface area contributed by atoms with Crippen molar-refractivity contribution < 1.29 is 19.5 Å². The standard InChI is InChI=1S/C31H33N5O4/c1-21-16-24(25-10-2-4-12-27(25)33-21)20-40-29-13-5-3-11-26(29)31(38)34-36-15-7-9-23(18-30(37)35-39)28(36)17-22-8-6-14-32-19-22/h2-6,8,10-14,16,19,23,28,39H,7,9,15,17-18,20H2,1H3,(H,34,38)(H,35,37)/t23-,28-/m0/s1. The quantitative estimate of drug-likeness (QED) is 0.213. The van der Waals surface area contributed by atoms with Gasteiger partial charge in [0.1, 0.15) is 12.4 Å². The third kappa shape index (κ3) is 6.44. The van der Waals surface area contributed by atoms with Gasteiger partial charge in [0, 0.05) is 48.0 Å². The number of nitrogens with one attached hydrogen (secondary N) is 2. The predicted molar refractivity (Wildman–Crippen MR) is 150 cm³/mol. The van der Waals surface area contributed by atoms with Gasteiger partial charge in [-0.2, -0.15) is 0 Å². The minimum Gasteiger partial charge on any atom is -0.488 e. The summed E-state index contributed by atoms with van der Waals surface area (Å²) in [5.74, 6) is -0.298. The number of hydrogen-bond donors (Lipinski definition) is 3. The Kier molecular flexibility index (Phi) is 8.63. The van der Waals surface area contributed by atoms with Crippen molar-refractivity contribution in [2.24, 2.45) is 5.92 Å². The summed E-state index contributed by atoms with van der Waals surface area (Å²) in [6.45, 7) is 2.88. The van der Waals surface area contributed by atoms with Crippen LogP contribution in [0.4, 0.5) is 0 Å². The summed E-state index contributed by atoms with van der Waals surface area (Å²) >= 11 is 0. The van der Waals surface area contributed by atoms with E-state index >= 15 is 0 Å². The lowest BCUT2D eigenvalue weighted by molar-refractivity contribution is -0.131. The number of aromatic nitrogens is 2. The molecule has 1 aliphatic heterocycles. The molecule has 2 aromatic heterocycles. The zero-order valence-corrected chi connectivity index (χ0v) is 22.4. The van der Waals surface area contributed by atoms with Gasteiger partial charge in [0.25, 0.3) is 5.91 Å². The molecule has 3 N–H and O–H groups in total. The highest BCUT2D eigenvalue weighted by Gasteiger charge is 2.34. The summed E-state index contributed by atoms with van der Waals surface area (Å²) < 4.78 is 6.21. The van der Waals surface area contributed by atoms with Gasteiger partial charge in [-0.1, -0.05) is 36.4 Å². The molecule has 0 radical (unpaired) electrons. The summed E-state index contributed by atoms with van der Waals surface area (Å²) in [4.78, 5) is 34.5. The smallest absolute Gasteiger partial charge is 0.269 e. The number of hydroxylamine groups is 1. The number of benzene rings is 2. The molecule has 1 saturated heterocycles. The number of ether oxygens (including phenoxy) is 1. The third-order valence-corrected chi connectivity index (χ3v) is 7.35. The van der Waals surface area contributed by atoms with E-state index in [1.165, 1.54) is 0 Å². The number of amides is 2. The Bertz CT molecular complexity index is 1480. The summed E-state index contributed by atoms with van der Waals surface area (Å²) in [5.41, 5.74) is 9.07. The van der Waals surface area contributed by atoms with Gasteiger partial charge in [0.15, 0.2) is 0 Å². The van der Waals surface area contributed by atoms with E-state index in [-0.39, 0.29) is 24.3 Å². The van der Waals surface area contributed by atoms with Crippen LogP contribution in [0.15, 0.2) is 79.1 Å². The monoisotopic (exact) mass is 539 g/mol. The lowest BCUT2D eigenvalue weighted by Gasteiger charge is -2.41. The van der Waals surface area contributed by atoms with Gasteiger partial charge in [0.05, 0.1) is 11.1 Å². The van der Waals surface area contributed by atoms with Gasteiger partial charge in [-0.05, 0) is 68.0 Å². The van der Waals surface area contributed by atoms with E-state index in [0.717, 1.165) is 40.6 Å². The number of hydrogen-bond acceptors (Lipinski definition) is 7. The number of pyridine rings is 2. The van der Waals surface area contributed by atoms with Crippen molar-refractivity contribution in [1.82, 2.24) is 25.9 Å². The first kappa shape index (κ1) is 27.2. The molecule has 40 heavy (non-hydrogen) atoms. The fourth-order valence-electron chi connectivity index (χ4n) is 5.47. The molecular formula is C31H33N5O4. The third-order valence-electron chi connectivity index (χ3n) is 7.35. The summed E-state index contributed by atoms with van der Waals surface area (Å²) in [7, 11) is 0. The minimum atomic E-state index is -0.438. The molecule has 2 aromatic carbocycles. The lowest BCUT2D eigenvalue weighted by atomic mass is 9.84. The first-order chi connectivity index (χ1) is 19.5. The van der Waals surface area contributed by atoms with Crippen molar-refractivity contribution in [2.45, 2.75) is 45.3 Å². The average Bonchev–Trinajstić information content (AvgIpc) is 2.98. The molecule has 9 heteroatoms. The van der Waals surface area contributed by atoms with Crippen molar-refractivity contribution >= 4 is 22.7 Å². The molecule has 0 aliphatic carbocycles. The topological polar surface area (TPSA) is 117 Å².